The number of aryl methyl sites for hydroxylation is 1. The average molecular weight is 238 g/mol. The van der Waals surface area contributed by atoms with E-state index >= 15 is 0 Å². The van der Waals surface area contributed by atoms with Crippen molar-refractivity contribution in [3.05, 3.63) is 17.0 Å². The molecule has 2 fully saturated rings. The van der Waals surface area contributed by atoms with E-state index in [2.05, 4.69) is 14.9 Å². The molecule has 1 saturated carbocycles. The molecule has 4 heteroatoms. The Hall–Kier alpha value is -0.830. The van der Waals surface area contributed by atoms with Gasteiger partial charge in [-0.2, -0.15) is 0 Å². The third-order valence-electron chi connectivity index (χ3n) is 3.74. The molecule has 0 amide bonds. The van der Waals surface area contributed by atoms with Crippen LogP contribution in [0.3, 0.4) is 0 Å². The van der Waals surface area contributed by atoms with E-state index in [1.807, 2.05) is 13.0 Å². The number of anilines is 1. The molecule has 0 unspecified atom stereocenters. The van der Waals surface area contributed by atoms with E-state index in [1.165, 1.54) is 25.7 Å². The summed E-state index contributed by atoms with van der Waals surface area (Å²) in [7, 11) is 0. The maximum atomic E-state index is 5.98. The summed E-state index contributed by atoms with van der Waals surface area (Å²) in [6, 6.07) is 1.88. The summed E-state index contributed by atoms with van der Waals surface area (Å²) in [5, 5.41) is 0.554. The predicted octanol–water partition coefficient (Wildman–Crippen LogP) is 2.82. The second-order valence-corrected chi connectivity index (χ2v) is 5.51. The number of aromatic nitrogens is 2. The van der Waals surface area contributed by atoms with Crippen molar-refractivity contribution < 1.29 is 0 Å². The van der Waals surface area contributed by atoms with Gasteiger partial charge in [-0.1, -0.05) is 11.6 Å². The highest BCUT2D eigenvalue weighted by Gasteiger charge is 2.45. The SMILES string of the molecule is Cc1nc(Cl)cc(N2CCCC3(CC3)C2)n1. The van der Waals surface area contributed by atoms with E-state index in [4.69, 9.17) is 11.6 Å². The van der Waals surface area contributed by atoms with Gasteiger partial charge >= 0.3 is 0 Å². The lowest BCUT2D eigenvalue weighted by molar-refractivity contribution is 0.393. The van der Waals surface area contributed by atoms with Crippen molar-refractivity contribution in [1.29, 1.82) is 0 Å². The van der Waals surface area contributed by atoms with Gasteiger partial charge in [0.05, 0.1) is 0 Å². The van der Waals surface area contributed by atoms with Crippen molar-refractivity contribution in [3.8, 4) is 0 Å². The number of halogens is 1. The fraction of sp³-hybridized carbons (Fsp3) is 0.667. The Morgan fingerprint density at radius 1 is 1.31 bits per heavy atom. The lowest BCUT2D eigenvalue weighted by Crippen LogP contribution is -2.37. The number of hydrogen-bond acceptors (Lipinski definition) is 3. The van der Waals surface area contributed by atoms with E-state index in [0.29, 0.717) is 10.6 Å². The zero-order valence-electron chi connectivity index (χ0n) is 9.54. The van der Waals surface area contributed by atoms with Gasteiger partial charge in [0.15, 0.2) is 0 Å². The first-order valence-electron chi connectivity index (χ1n) is 5.93. The van der Waals surface area contributed by atoms with Crippen molar-refractivity contribution in [2.24, 2.45) is 5.41 Å². The Morgan fingerprint density at radius 3 is 2.81 bits per heavy atom. The average Bonchev–Trinajstić information content (AvgIpc) is 2.96. The molecule has 1 aromatic heterocycles. The molecule has 0 radical (unpaired) electrons. The third kappa shape index (κ3) is 1.88. The van der Waals surface area contributed by atoms with Crippen LogP contribution in [0.25, 0.3) is 0 Å². The normalized spacial score (nSPS) is 22.5. The van der Waals surface area contributed by atoms with Crippen molar-refractivity contribution >= 4 is 17.4 Å². The van der Waals surface area contributed by atoms with Gasteiger partial charge in [-0.25, -0.2) is 9.97 Å². The quantitative estimate of drug-likeness (QED) is 0.704. The second-order valence-electron chi connectivity index (χ2n) is 5.12. The minimum absolute atomic E-state index is 0.554. The van der Waals surface area contributed by atoms with E-state index in [9.17, 15) is 0 Å². The number of rotatable bonds is 1. The maximum Gasteiger partial charge on any atom is 0.134 e. The third-order valence-corrected chi connectivity index (χ3v) is 3.93. The Labute approximate surface area is 101 Å². The van der Waals surface area contributed by atoms with Crippen LogP contribution in [-0.2, 0) is 0 Å². The van der Waals surface area contributed by atoms with Gasteiger partial charge in [0, 0.05) is 19.2 Å². The first-order chi connectivity index (χ1) is 7.67. The molecular weight excluding hydrogens is 222 g/mol. The second kappa shape index (κ2) is 3.59. The summed E-state index contributed by atoms with van der Waals surface area (Å²) in [5.41, 5.74) is 0.615. The van der Waals surface area contributed by atoms with Crippen LogP contribution < -0.4 is 4.90 Å². The molecule has 1 aliphatic heterocycles. The summed E-state index contributed by atoms with van der Waals surface area (Å²) in [6.45, 7) is 4.15. The van der Waals surface area contributed by atoms with Gasteiger partial charge in [-0.05, 0) is 38.0 Å². The van der Waals surface area contributed by atoms with E-state index in [0.717, 1.165) is 24.7 Å². The van der Waals surface area contributed by atoms with Crippen molar-refractivity contribution in [2.45, 2.75) is 32.6 Å². The van der Waals surface area contributed by atoms with E-state index in [-0.39, 0.29) is 0 Å². The molecule has 0 aromatic carbocycles. The smallest absolute Gasteiger partial charge is 0.134 e. The molecule has 1 aromatic rings. The van der Waals surface area contributed by atoms with Crippen LogP contribution in [0.1, 0.15) is 31.5 Å². The molecule has 16 heavy (non-hydrogen) atoms. The lowest BCUT2D eigenvalue weighted by atomic mass is 9.95. The molecule has 1 spiro atoms. The lowest BCUT2D eigenvalue weighted by Gasteiger charge is -2.33. The van der Waals surface area contributed by atoms with Crippen LogP contribution in [0.2, 0.25) is 5.15 Å². The minimum Gasteiger partial charge on any atom is -0.356 e. The highest BCUT2D eigenvalue weighted by Crippen LogP contribution is 2.52. The summed E-state index contributed by atoms with van der Waals surface area (Å²) < 4.78 is 0. The fourth-order valence-corrected chi connectivity index (χ4v) is 2.89. The van der Waals surface area contributed by atoms with Crippen LogP contribution in [-0.4, -0.2) is 23.1 Å². The van der Waals surface area contributed by atoms with Crippen molar-refractivity contribution in [1.82, 2.24) is 9.97 Å². The number of hydrogen-bond donors (Lipinski definition) is 0. The molecule has 1 saturated heterocycles. The van der Waals surface area contributed by atoms with Gasteiger partial charge in [0.1, 0.15) is 16.8 Å². The van der Waals surface area contributed by atoms with Gasteiger partial charge in [0.25, 0.3) is 0 Å². The maximum absolute atomic E-state index is 5.98. The standard InChI is InChI=1S/C12H16ClN3/c1-9-14-10(13)7-11(15-9)16-6-2-3-12(8-16)4-5-12/h7H,2-6,8H2,1H3. The summed E-state index contributed by atoms with van der Waals surface area (Å²) in [6.07, 6.45) is 5.45. The number of nitrogens with zero attached hydrogens (tertiary/aromatic N) is 3. The zero-order valence-corrected chi connectivity index (χ0v) is 10.3. The highest BCUT2D eigenvalue weighted by atomic mass is 35.5. The minimum atomic E-state index is 0.554. The molecule has 0 bridgehead atoms. The van der Waals surface area contributed by atoms with Crippen LogP contribution in [0.15, 0.2) is 6.07 Å². The molecule has 0 N–H and O–H groups in total. The number of piperidine rings is 1. The van der Waals surface area contributed by atoms with E-state index in [1.54, 1.807) is 0 Å². The summed E-state index contributed by atoms with van der Waals surface area (Å²) in [4.78, 5) is 11.0. The van der Waals surface area contributed by atoms with Gasteiger partial charge < -0.3 is 4.90 Å². The Kier molecular flexibility index (Phi) is 2.32. The molecule has 0 atom stereocenters. The Balaban J connectivity index is 1.85. The van der Waals surface area contributed by atoms with Gasteiger partial charge in [-0.3, -0.25) is 0 Å². The molecule has 2 heterocycles. The Bertz CT molecular complexity index is 394. The van der Waals surface area contributed by atoms with Crippen molar-refractivity contribution in [2.75, 3.05) is 18.0 Å². The summed E-state index contributed by atoms with van der Waals surface area (Å²) >= 11 is 5.98. The Morgan fingerprint density at radius 2 is 2.12 bits per heavy atom. The topological polar surface area (TPSA) is 29.0 Å². The van der Waals surface area contributed by atoms with Gasteiger partial charge in [-0.15, -0.1) is 0 Å². The van der Waals surface area contributed by atoms with Crippen molar-refractivity contribution in [3.63, 3.8) is 0 Å². The molecular formula is C12H16ClN3. The van der Waals surface area contributed by atoms with Crippen LogP contribution >= 0.6 is 11.6 Å². The summed E-state index contributed by atoms with van der Waals surface area (Å²) in [5.74, 6) is 1.77. The fourth-order valence-electron chi connectivity index (χ4n) is 2.67. The highest BCUT2D eigenvalue weighted by molar-refractivity contribution is 6.29. The monoisotopic (exact) mass is 237 g/mol. The first-order valence-corrected chi connectivity index (χ1v) is 6.31. The predicted molar refractivity (Wildman–Crippen MR) is 64.9 cm³/mol. The van der Waals surface area contributed by atoms with Crippen LogP contribution in [0, 0.1) is 12.3 Å². The molecule has 86 valence electrons. The van der Waals surface area contributed by atoms with Crippen LogP contribution in [0.5, 0.6) is 0 Å². The molecule has 3 rings (SSSR count). The first kappa shape index (κ1) is 10.3. The molecule has 3 nitrogen and oxygen atoms in total. The zero-order chi connectivity index (χ0) is 11.2. The van der Waals surface area contributed by atoms with E-state index < -0.39 is 0 Å². The molecule has 1 aliphatic carbocycles. The van der Waals surface area contributed by atoms with Gasteiger partial charge in [0.2, 0.25) is 0 Å². The molecule has 2 aliphatic rings. The largest absolute Gasteiger partial charge is 0.356 e. The van der Waals surface area contributed by atoms with Crippen LogP contribution in [0.4, 0.5) is 5.82 Å².